The molecule has 1 aromatic rings. The van der Waals surface area contributed by atoms with Gasteiger partial charge in [-0.1, -0.05) is 30.4 Å². The molecular weight excluding hydrogens is 176 g/mol. The molecule has 0 atom stereocenters. The first-order valence-electron chi connectivity index (χ1n) is 4.47. The summed E-state index contributed by atoms with van der Waals surface area (Å²) < 4.78 is 4.97. The van der Waals surface area contributed by atoms with E-state index in [1.165, 1.54) is 6.26 Å². The van der Waals surface area contributed by atoms with E-state index in [1.54, 1.807) is 18.2 Å². The quantitative estimate of drug-likeness (QED) is 0.536. The number of carbonyl (C=O) groups is 1. The Labute approximate surface area is 82.2 Å². The summed E-state index contributed by atoms with van der Waals surface area (Å²) in [5.41, 5.74) is 0. The molecule has 0 saturated carbocycles. The fraction of sp³-hybridized carbons (Fsp3) is 0.0833. The van der Waals surface area contributed by atoms with E-state index in [-0.39, 0.29) is 11.7 Å². The number of carbonyl (C=O) groups excluding carboxylic acids is 1. The molecule has 0 aromatic carbocycles. The van der Waals surface area contributed by atoms with E-state index in [0.717, 1.165) is 0 Å². The van der Waals surface area contributed by atoms with E-state index >= 15 is 0 Å². The highest BCUT2D eigenvalue weighted by Crippen LogP contribution is 2.11. The fourth-order valence-electron chi connectivity index (χ4n) is 1.28. The Balaban J connectivity index is 2.01. The second-order valence-electron chi connectivity index (χ2n) is 3.05. The molecule has 0 spiro atoms. The predicted molar refractivity (Wildman–Crippen MR) is 53.9 cm³/mol. The minimum atomic E-state index is -0.0938. The van der Waals surface area contributed by atoms with E-state index in [4.69, 9.17) is 4.42 Å². The van der Waals surface area contributed by atoms with Gasteiger partial charge in [0.1, 0.15) is 0 Å². The topological polar surface area (TPSA) is 30.2 Å². The number of hydrogen-bond acceptors (Lipinski definition) is 2. The zero-order chi connectivity index (χ0) is 9.80. The fourth-order valence-corrected chi connectivity index (χ4v) is 1.28. The Morgan fingerprint density at radius 2 is 2.14 bits per heavy atom. The van der Waals surface area contributed by atoms with Gasteiger partial charge in [-0.15, -0.1) is 0 Å². The van der Waals surface area contributed by atoms with Crippen molar-refractivity contribution >= 4 is 5.78 Å². The van der Waals surface area contributed by atoms with E-state index < -0.39 is 0 Å². The van der Waals surface area contributed by atoms with Crippen molar-refractivity contribution in [2.24, 2.45) is 5.92 Å². The Bertz CT molecular complexity index is 382. The lowest BCUT2D eigenvalue weighted by Gasteiger charge is -1.93. The number of allylic oxidation sites excluding steroid dienone is 6. The first-order valence-corrected chi connectivity index (χ1v) is 4.47. The first-order chi connectivity index (χ1) is 6.86. The van der Waals surface area contributed by atoms with Gasteiger partial charge in [0.2, 0.25) is 5.78 Å². The van der Waals surface area contributed by atoms with Crippen LogP contribution in [0.1, 0.15) is 10.6 Å². The van der Waals surface area contributed by atoms with Gasteiger partial charge in [-0.05, 0) is 18.2 Å². The molecule has 0 unspecified atom stereocenters. The minimum absolute atomic E-state index is 0.0938. The van der Waals surface area contributed by atoms with Gasteiger partial charge in [-0.2, -0.15) is 0 Å². The molecular formula is C12H10O2. The van der Waals surface area contributed by atoms with Crippen LogP contribution in [0.4, 0.5) is 0 Å². The van der Waals surface area contributed by atoms with Gasteiger partial charge in [-0.3, -0.25) is 4.79 Å². The van der Waals surface area contributed by atoms with Gasteiger partial charge in [-0.25, -0.2) is 0 Å². The minimum Gasteiger partial charge on any atom is -0.461 e. The maximum absolute atomic E-state index is 11.4. The molecule has 2 nitrogen and oxygen atoms in total. The summed E-state index contributed by atoms with van der Waals surface area (Å²) in [7, 11) is 0. The summed E-state index contributed by atoms with van der Waals surface area (Å²) in [6.07, 6.45) is 12.9. The average Bonchev–Trinajstić information content (AvgIpc) is 2.87. The van der Waals surface area contributed by atoms with Crippen molar-refractivity contribution in [2.45, 2.75) is 0 Å². The molecule has 70 valence electrons. The molecule has 0 fully saturated rings. The third-order valence-corrected chi connectivity index (χ3v) is 2.01. The zero-order valence-electron chi connectivity index (χ0n) is 7.59. The summed E-state index contributed by atoms with van der Waals surface area (Å²) in [5, 5.41) is 0. The van der Waals surface area contributed by atoms with Crippen LogP contribution < -0.4 is 0 Å². The lowest BCUT2D eigenvalue weighted by Crippen LogP contribution is -1.92. The van der Waals surface area contributed by atoms with Gasteiger partial charge < -0.3 is 4.42 Å². The van der Waals surface area contributed by atoms with Gasteiger partial charge in [0.25, 0.3) is 0 Å². The summed E-state index contributed by atoms with van der Waals surface area (Å²) >= 11 is 0. The molecule has 0 N–H and O–H groups in total. The van der Waals surface area contributed by atoms with E-state index in [0.29, 0.717) is 5.76 Å². The van der Waals surface area contributed by atoms with E-state index in [1.807, 2.05) is 30.4 Å². The van der Waals surface area contributed by atoms with Gasteiger partial charge in [0, 0.05) is 5.92 Å². The summed E-state index contributed by atoms with van der Waals surface area (Å²) in [5.74, 6) is 0.532. The molecule has 2 rings (SSSR count). The highest BCUT2D eigenvalue weighted by atomic mass is 16.3. The van der Waals surface area contributed by atoms with Crippen LogP contribution in [0, 0.1) is 5.92 Å². The first kappa shape index (κ1) is 8.75. The summed E-state index contributed by atoms with van der Waals surface area (Å²) in [6.45, 7) is 0. The molecule has 1 heterocycles. The van der Waals surface area contributed by atoms with Crippen LogP contribution in [0.2, 0.25) is 0 Å². The number of hydrogen-bond donors (Lipinski definition) is 0. The number of furan rings is 1. The van der Waals surface area contributed by atoms with Crippen molar-refractivity contribution in [1.82, 2.24) is 0 Å². The van der Waals surface area contributed by atoms with Crippen molar-refractivity contribution in [3.63, 3.8) is 0 Å². The van der Waals surface area contributed by atoms with Crippen LogP contribution in [0.15, 0.2) is 59.3 Å². The van der Waals surface area contributed by atoms with Crippen LogP contribution in [0.5, 0.6) is 0 Å². The summed E-state index contributed by atoms with van der Waals surface area (Å²) in [4.78, 5) is 11.4. The smallest absolute Gasteiger partial charge is 0.220 e. The Kier molecular flexibility index (Phi) is 2.45. The normalized spacial score (nSPS) is 15.7. The maximum atomic E-state index is 11.4. The van der Waals surface area contributed by atoms with Crippen LogP contribution >= 0.6 is 0 Å². The second kappa shape index (κ2) is 3.92. The highest BCUT2D eigenvalue weighted by molar-refractivity contribution is 6.02. The Morgan fingerprint density at radius 3 is 2.79 bits per heavy atom. The SMILES string of the molecule is O=C(C=CC1C=CC=C1)c1ccco1. The molecule has 0 aliphatic heterocycles. The third kappa shape index (κ3) is 1.91. The van der Waals surface area contributed by atoms with Crippen LogP contribution in [0.3, 0.4) is 0 Å². The largest absolute Gasteiger partial charge is 0.461 e. The van der Waals surface area contributed by atoms with Crippen molar-refractivity contribution in [2.75, 3.05) is 0 Å². The molecule has 14 heavy (non-hydrogen) atoms. The van der Waals surface area contributed by atoms with Crippen molar-refractivity contribution in [3.05, 3.63) is 60.6 Å². The lowest BCUT2D eigenvalue weighted by molar-refractivity contribution is 0.102. The molecule has 2 heteroatoms. The van der Waals surface area contributed by atoms with Gasteiger partial charge >= 0.3 is 0 Å². The summed E-state index contributed by atoms with van der Waals surface area (Å²) in [6, 6.07) is 3.36. The van der Waals surface area contributed by atoms with Crippen molar-refractivity contribution < 1.29 is 9.21 Å². The number of ketones is 1. The Hall–Kier alpha value is -1.83. The molecule has 0 bridgehead atoms. The molecule has 1 aromatic heterocycles. The van der Waals surface area contributed by atoms with Crippen LogP contribution in [0.25, 0.3) is 0 Å². The van der Waals surface area contributed by atoms with E-state index in [9.17, 15) is 4.79 Å². The maximum Gasteiger partial charge on any atom is 0.220 e. The van der Waals surface area contributed by atoms with Crippen molar-refractivity contribution in [1.29, 1.82) is 0 Å². The van der Waals surface area contributed by atoms with Crippen LogP contribution in [-0.4, -0.2) is 5.78 Å². The molecule has 1 aliphatic carbocycles. The molecule has 0 saturated heterocycles. The monoisotopic (exact) mass is 186 g/mol. The molecule has 1 aliphatic rings. The van der Waals surface area contributed by atoms with Gasteiger partial charge in [0.15, 0.2) is 5.76 Å². The lowest BCUT2D eigenvalue weighted by atomic mass is 10.1. The average molecular weight is 186 g/mol. The van der Waals surface area contributed by atoms with Gasteiger partial charge in [0.05, 0.1) is 6.26 Å². The highest BCUT2D eigenvalue weighted by Gasteiger charge is 2.05. The molecule has 0 amide bonds. The van der Waals surface area contributed by atoms with Crippen molar-refractivity contribution in [3.8, 4) is 0 Å². The Morgan fingerprint density at radius 1 is 1.36 bits per heavy atom. The van der Waals surface area contributed by atoms with Crippen LogP contribution in [-0.2, 0) is 0 Å². The number of rotatable bonds is 3. The second-order valence-corrected chi connectivity index (χ2v) is 3.05. The zero-order valence-corrected chi connectivity index (χ0v) is 7.59. The third-order valence-electron chi connectivity index (χ3n) is 2.01. The standard InChI is InChI=1S/C12H10O2/c13-11(12-6-3-9-14-12)8-7-10-4-1-2-5-10/h1-10H. The molecule has 0 radical (unpaired) electrons. The van der Waals surface area contributed by atoms with E-state index in [2.05, 4.69) is 0 Å². The predicted octanol–water partition coefficient (Wildman–Crippen LogP) is 2.76.